The van der Waals surface area contributed by atoms with Crippen molar-refractivity contribution in [1.82, 2.24) is 19.4 Å². The van der Waals surface area contributed by atoms with Crippen LogP contribution >= 0.6 is 0 Å². The van der Waals surface area contributed by atoms with Crippen molar-refractivity contribution in [3.05, 3.63) is 41.9 Å². The van der Waals surface area contributed by atoms with E-state index in [1.54, 1.807) is 25.5 Å². The van der Waals surface area contributed by atoms with Gasteiger partial charge in [-0.05, 0) is 19.4 Å². The summed E-state index contributed by atoms with van der Waals surface area (Å²) >= 11 is 0. The van der Waals surface area contributed by atoms with Crippen LogP contribution in [-0.2, 0) is 17.9 Å². The summed E-state index contributed by atoms with van der Waals surface area (Å²) in [6, 6.07) is 1.72. The summed E-state index contributed by atoms with van der Waals surface area (Å²) in [6.07, 6.45) is 6.83. The van der Waals surface area contributed by atoms with Crippen molar-refractivity contribution in [1.29, 1.82) is 0 Å². The van der Waals surface area contributed by atoms with Gasteiger partial charge >= 0.3 is 0 Å². The highest BCUT2D eigenvalue weighted by Gasteiger charge is 2.30. The maximum absolute atomic E-state index is 13.0. The van der Waals surface area contributed by atoms with Crippen LogP contribution in [0.1, 0.15) is 34.8 Å². The molecule has 0 N–H and O–H groups in total. The van der Waals surface area contributed by atoms with Crippen molar-refractivity contribution in [3.8, 4) is 0 Å². The molecule has 0 aliphatic carbocycles. The number of fused-ring (bicyclic) bond motifs is 1. The van der Waals surface area contributed by atoms with E-state index in [-0.39, 0.29) is 17.7 Å². The number of rotatable bonds is 3. The summed E-state index contributed by atoms with van der Waals surface area (Å²) in [5.74, 6) is 1.88. The van der Waals surface area contributed by atoms with Crippen LogP contribution in [0.4, 0.5) is 0 Å². The van der Waals surface area contributed by atoms with E-state index < -0.39 is 0 Å². The number of amides is 2. The third-order valence-corrected chi connectivity index (χ3v) is 5.09. The standard InChI is InChI=1S/C18H22N4O3/c1-13-15(4-8-25-13)18(24)22-11-14(10-21-6-2-3-17(21)23)9-20-7-5-19-16(20)12-22/h4-5,7-8,14H,2-3,6,9-12H2,1H3/t14-/m0/s1. The van der Waals surface area contributed by atoms with E-state index in [2.05, 4.69) is 9.55 Å². The van der Waals surface area contributed by atoms with Gasteiger partial charge in [0, 0.05) is 50.9 Å². The van der Waals surface area contributed by atoms with E-state index in [0.717, 1.165) is 25.3 Å². The van der Waals surface area contributed by atoms with Crippen LogP contribution in [0.15, 0.2) is 29.1 Å². The molecule has 7 heteroatoms. The zero-order valence-electron chi connectivity index (χ0n) is 14.4. The number of aromatic nitrogens is 2. The molecule has 4 rings (SSSR count). The highest BCUT2D eigenvalue weighted by atomic mass is 16.3. The average Bonchev–Trinajstić information content (AvgIpc) is 3.28. The van der Waals surface area contributed by atoms with Gasteiger partial charge in [-0.1, -0.05) is 0 Å². The van der Waals surface area contributed by atoms with Crippen LogP contribution in [0.25, 0.3) is 0 Å². The molecule has 0 saturated carbocycles. The first-order chi connectivity index (χ1) is 12.1. The van der Waals surface area contributed by atoms with Gasteiger partial charge in [-0.3, -0.25) is 9.59 Å². The van der Waals surface area contributed by atoms with E-state index in [9.17, 15) is 9.59 Å². The lowest BCUT2D eigenvalue weighted by molar-refractivity contribution is -0.128. The third kappa shape index (κ3) is 3.06. The molecule has 0 unspecified atom stereocenters. The molecule has 1 fully saturated rings. The molecule has 0 aromatic carbocycles. The summed E-state index contributed by atoms with van der Waals surface area (Å²) in [5, 5.41) is 0. The van der Waals surface area contributed by atoms with Crippen LogP contribution in [-0.4, -0.2) is 50.8 Å². The summed E-state index contributed by atoms with van der Waals surface area (Å²) < 4.78 is 7.39. The quantitative estimate of drug-likeness (QED) is 0.851. The highest BCUT2D eigenvalue weighted by Crippen LogP contribution is 2.22. The van der Waals surface area contributed by atoms with Crippen molar-refractivity contribution < 1.29 is 14.0 Å². The highest BCUT2D eigenvalue weighted by molar-refractivity contribution is 5.95. The normalized spacial score (nSPS) is 20.7. The Balaban J connectivity index is 1.58. The predicted octanol–water partition coefficient (Wildman–Crippen LogP) is 1.68. The van der Waals surface area contributed by atoms with Gasteiger partial charge in [0.2, 0.25) is 5.91 Å². The van der Waals surface area contributed by atoms with Crippen LogP contribution in [0.3, 0.4) is 0 Å². The number of hydrogen-bond acceptors (Lipinski definition) is 4. The van der Waals surface area contributed by atoms with Gasteiger partial charge in [0.05, 0.1) is 18.4 Å². The molecule has 25 heavy (non-hydrogen) atoms. The number of imidazole rings is 1. The second-order valence-electron chi connectivity index (χ2n) is 6.88. The van der Waals surface area contributed by atoms with Gasteiger partial charge in [0.1, 0.15) is 11.6 Å². The Labute approximate surface area is 146 Å². The van der Waals surface area contributed by atoms with Gasteiger partial charge < -0.3 is 18.8 Å². The largest absolute Gasteiger partial charge is 0.469 e. The first-order valence-corrected chi connectivity index (χ1v) is 8.73. The molecule has 4 heterocycles. The molecule has 0 spiro atoms. The lowest BCUT2D eigenvalue weighted by atomic mass is 10.1. The second-order valence-corrected chi connectivity index (χ2v) is 6.88. The number of carbonyl (C=O) groups is 2. The zero-order valence-corrected chi connectivity index (χ0v) is 14.4. The predicted molar refractivity (Wildman–Crippen MR) is 89.7 cm³/mol. The fourth-order valence-electron chi connectivity index (χ4n) is 3.80. The third-order valence-electron chi connectivity index (χ3n) is 5.09. The monoisotopic (exact) mass is 342 g/mol. The van der Waals surface area contributed by atoms with Crippen molar-refractivity contribution in [2.24, 2.45) is 5.92 Å². The Morgan fingerprint density at radius 2 is 2.28 bits per heavy atom. The zero-order chi connectivity index (χ0) is 17.4. The van der Waals surface area contributed by atoms with Crippen molar-refractivity contribution in [2.75, 3.05) is 19.6 Å². The van der Waals surface area contributed by atoms with Gasteiger partial charge in [-0.25, -0.2) is 4.98 Å². The Kier molecular flexibility index (Phi) is 4.07. The number of nitrogens with zero attached hydrogens (tertiary/aromatic N) is 4. The molecule has 2 aliphatic rings. The van der Waals surface area contributed by atoms with E-state index in [1.165, 1.54) is 0 Å². The number of likely N-dealkylation sites (tertiary alicyclic amines) is 1. The molecule has 132 valence electrons. The average molecular weight is 342 g/mol. The Morgan fingerprint density at radius 3 is 3.00 bits per heavy atom. The molecule has 2 aromatic rings. The Morgan fingerprint density at radius 1 is 1.40 bits per heavy atom. The first-order valence-electron chi connectivity index (χ1n) is 8.73. The molecule has 1 atom stereocenters. The molecule has 2 amide bonds. The lowest BCUT2D eigenvalue weighted by Crippen LogP contribution is -2.39. The molecule has 2 aromatic heterocycles. The van der Waals surface area contributed by atoms with Gasteiger partial charge in [0.25, 0.3) is 5.91 Å². The van der Waals surface area contributed by atoms with Crippen LogP contribution in [0.2, 0.25) is 0 Å². The number of aryl methyl sites for hydroxylation is 1. The fraction of sp³-hybridized carbons (Fsp3) is 0.500. The van der Waals surface area contributed by atoms with E-state index >= 15 is 0 Å². The number of furan rings is 1. The van der Waals surface area contributed by atoms with Gasteiger partial charge in [0.15, 0.2) is 0 Å². The SMILES string of the molecule is Cc1occc1C(=O)N1Cc2nccn2C[C@@H](CN2CCCC2=O)C1. The maximum Gasteiger partial charge on any atom is 0.257 e. The van der Waals surface area contributed by atoms with Crippen LogP contribution in [0.5, 0.6) is 0 Å². The van der Waals surface area contributed by atoms with Crippen LogP contribution < -0.4 is 0 Å². The summed E-state index contributed by atoms with van der Waals surface area (Å²) in [7, 11) is 0. The first kappa shape index (κ1) is 15.9. The van der Waals surface area contributed by atoms with E-state index in [1.807, 2.05) is 16.0 Å². The Bertz CT molecular complexity index is 794. The molecule has 7 nitrogen and oxygen atoms in total. The molecule has 0 bridgehead atoms. The molecule has 0 radical (unpaired) electrons. The van der Waals surface area contributed by atoms with Gasteiger partial charge in [-0.15, -0.1) is 0 Å². The summed E-state index contributed by atoms with van der Waals surface area (Å²) in [6.45, 7) is 5.16. The van der Waals surface area contributed by atoms with E-state index in [4.69, 9.17) is 4.42 Å². The number of hydrogen-bond donors (Lipinski definition) is 0. The van der Waals surface area contributed by atoms with Crippen molar-refractivity contribution in [2.45, 2.75) is 32.9 Å². The second kappa shape index (κ2) is 6.38. The molecular formula is C18H22N4O3. The molecule has 2 aliphatic heterocycles. The Hall–Kier alpha value is -2.57. The van der Waals surface area contributed by atoms with Gasteiger partial charge in [-0.2, -0.15) is 0 Å². The lowest BCUT2D eigenvalue weighted by Gasteiger charge is -2.27. The minimum atomic E-state index is -0.0413. The smallest absolute Gasteiger partial charge is 0.257 e. The molecular weight excluding hydrogens is 320 g/mol. The summed E-state index contributed by atoms with van der Waals surface area (Å²) in [4.78, 5) is 33.1. The fourth-order valence-corrected chi connectivity index (χ4v) is 3.80. The minimum absolute atomic E-state index is 0.0413. The number of carbonyl (C=O) groups excluding carboxylic acids is 2. The summed E-state index contributed by atoms with van der Waals surface area (Å²) in [5.41, 5.74) is 0.594. The van der Waals surface area contributed by atoms with Crippen LogP contribution in [0, 0.1) is 12.8 Å². The minimum Gasteiger partial charge on any atom is -0.469 e. The van der Waals surface area contributed by atoms with Crippen molar-refractivity contribution >= 4 is 11.8 Å². The molecule has 1 saturated heterocycles. The topological polar surface area (TPSA) is 71.6 Å². The van der Waals surface area contributed by atoms with E-state index in [0.29, 0.717) is 37.4 Å². The maximum atomic E-state index is 13.0. The van der Waals surface area contributed by atoms with Crippen molar-refractivity contribution in [3.63, 3.8) is 0 Å².